The zero-order valence-corrected chi connectivity index (χ0v) is 15.0. The van der Waals surface area contributed by atoms with Crippen molar-refractivity contribution in [2.24, 2.45) is 23.2 Å². The maximum atomic E-state index is 11.1. The minimum absolute atomic E-state index is 0.133. The summed E-state index contributed by atoms with van der Waals surface area (Å²) in [5.41, 5.74) is 1.91. The lowest BCUT2D eigenvalue weighted by Crippen LogP contribution is -2.52. The second-order valence-electron chi connectivity index (χ2n) is 8.54. The third-order valence-electron chi connectivity index (χ3n) is 7.61. The van der Waals surface area contributed by atoms with Crippen molar-refractivity contribution >= 4 is 0 Å². The van der Waals surface area contributed by atoms with E-state index in [0.717, 1.165) is 31.4 Å². The zero-order valence-electron chi connectivity index (χ0n) is 15.0. The van der Waals surface area contributed by atoms with Crippen LogP contribution in [-0.2, 0) is 6.42 Å². The van der Waals surface area contributed by atoms with Gasteiger partial charge in [0, 0.05) is 5.41 Å². The van der Waals surface area contributed by atoms with E-state index in [-0.39, 0.29) is 5.41 Å². The van der Waals surface area contributed by atoms with Crippen molar-refractivity contribution in [3.05, 3.63) is 29.3 Å². The van der Waals surface area contributed by atoms with Crippen LogP contribution in [0.4, 0.5) is 0 Å². The Morgan fingerprint density at radius 3 is 2.83 bits per heavy atom. The minimum atomic E-state index is -0.920. The molecule has 5 unspecified atom stereocenters. The van der Waals surface area contributed by atoms with Gasteiger partial charge in [0.05, 0.1) is 7.11 Å². The molecule has 2 heteroatoms. The van der Waals surface area contributed by atoms with Crippen LogP contribution in [0.15, 0.2) is 18.2 Å². The Hall–Kier alpha value is -1.46. The second kappa shape index (κ2) is 5.27. The molecule has 0 heterocycles. The molecule has 3 aliphatic carbocycles. The smallest absolute Gasteiger partial charge is 0.130 e. The van der Waals surface area contributed by atoms with E-state index in [0.29, 0.717) is 23.7 Å². The number of aliphatic hydroxyl groups is 1. The highest BCUT2D eigenvalue weighted by atomic mass is 16.5. The molecule has 0 amide bonds. The normalized spacial score (nSPS) is 43.3. The third kappa shape index (κ3) is 1.94. The average Bonchev–Trinajstić information content (AvgIpc) is 2.85. The summed E-state index contributed by atoms with van der Waals surface area (Å²) in [6.07, 6.45) is 10.9. The largest absolute Gasteiger partial charge is 0.497 e. The second-order valence-corrected chi connectivity index (χ2v) is 8.54. The average molecular weight is 324 g/mol. The van der Waals surface area contributed by atoms with Crippen molar-refractivity contribution in [3.8, 4) is 18.1 Å². The van der Waals surface area contributed by atoms with Crippen molar-refractivity contribution in [2.45, 2.75) is 57.5 Å². The van der Waals surface area contributed by atoms with Crippen LogP contribution in [0, 0.1) is 35.5 Å². The molecule has 24 heavy (non-hydrogen) atoms. The Morgan fingerprint density at radius 1 is 1.33 bits per heavy atom. The molecular weight excluding hydrogens is 296 g/mol. The maximum Gasteiger partial charge on any atom is 0.130 e. The third-order valence-corrected chi connectivity index (χ3v) is 7.61. The van der Waals surface area contributed by atoms with Crippen LogP contribution in [-0.4, -0.2) is 17.8 Å². The van der Waals surface area contributed by atoms with Gasteiger partial charge in [0.25, 0.3) is 0 Å². The molecule has 4 rings (SSSR count). The van der Waals surface area contributed by atoms with E-state index in [9.17, 15) is 5.11 Å². The fourth-order valence-electron chi connectivity index (χ4n) is 6.48. The quantitative estimate of drug-likeness (QED) is 0.786. The van der Waals surface area contributed by atoms with E-state index < -0.39 is 5.60 Å². The maximum absolute atomic E-state index is 11.1. The lowest BCUT2D eigenvalue weighted by atomic mass is 9.50. The van der Waals surface area contributed by atoms with Gasteiger partial charge < -0.3 is 9.84 Å². The SMILES string of the molecule is C#C[C@@]1(O)CCC2C3CCc4cc(OC)ccc4C3C(C)CC21C. The van der Waals surface area contributed by atoms with Gasteiger partial charge >= 0.3 is 0 Å². The van der Waals surface area contributed by atoms with Crippen LogP contribution in [0.2, 0.25) is 0 Å². The van der Waals surface area contributed by atoms with Crippen molar-refractivity contribution in [3.63, 3.8) is 0 Å². The monoisotopic (exact) mass is 324 g/mol. The van der Waals surface area contributed by atoms with Crippen LogP contribution in [0.1, 0.15) is 56.6 Å². The fraction of sp³-hybridized carbons (Fsp3) is 0.636. The van der Waals surface area contributed by atoms with Gasteiger partial charge in [-0.1, -0.05) is 25.8 Å². The van der Waals surface area contributed by atoms with Gasteiger partial charge in [0.2, 0.25) is 0 Å². The first kappa shape index (κ1) is 16.0. The van der Waals surface area contributed by atoms with Crippen LogP contribution >= 0.6 is 0 Å². The summed E-state index contributed by atoms with van der Waals surface area (Å²) in [5, 5.41) is 11.1. The molecule has 1 N–H and O–H groups in total. The van der Waals surface area contributed by atoms with Crippen LogP contribution in [0.5, 0.6) is 5.75 Å². The molecule has 0 bridgehead atoms. The first-order chi connectivity index (χ1) is 11.4. The highest BCUT2D eigenvalue weighted by molar-refractivity contribution is 5.41. The van der Waals surface area contributed by atoms with Crippen LogP contribution in [0.3, 0.4) is 0 Å². The number of fused-ring (bicyclic) bond motifs is 5. The number of hydrogen-bond donors (Lipinski definition) is 1. The summed E-state index contributed by atoms with van der Waals surface area (Å²) in [5.74, 6) is 6.05. The van der Waals surface area contributed by atoms with Crippen LogP contribution < -0.4 is 4.74 Å². The van der Waals surface area contributed by atoms with Gasteiger partial charge in [-0.25, -0.2) is 0 Å². The Morgan fingerprint density at radius 2 is 2.12 bits per heavy atom. The summed E-state index contributed by atoms with van der Waals surface area (Å²) in [6, 6.07) is 6.61. The predicted molar refractivity (Wildman–Crippen MR) is 95.9 cm³/mol. The molecule has 2 saturated carbocycles. The van der Waals surface area contributed by atoms with Crippen LogP contribution in [0.25, 0.3) is 0 Å². The predicted octanol–water partition coefficient (Wildman–Crippen LogP) is 4.16. The molecule has 1 aromatic rings. The molecule has 6 atom stereocenters. The Bertz CT molecular complexity index is 702. The highest BCUT2D eigenvalue weighted by Crippen LogP contribution is 2.65. The number of terminal acetylenes is 1. The van der Waals surface area contributed by atoms with Gasteiger partial charge in [-0.05, 0) is 79.0 Å². The number of rotatable bonds is 1. The summed E-state index contributed by atoms with van der Waals surface area (Å²) in [6.45, 7) is 4.61. The summed E-state index contributed by atoms with van der Waals surface area (Å²) in [4.78, 5) is 0. The molecule has 0 radical (unpaired) electrons. The minimum Gasteiger partial charge on any atom is -0.497 e. The summed E-state index contributed by atoms with van der Waals surface area (Å²) >= 11 is 0. The van der Waals surface area contributed by atoms with Gasteiger partial charge in [-0.3, -0.25) is 0 Å². The van der Waals surface area contributed by atoms with E-state index in [1.807, 2.05) is 0 Å². The molecule has 1 aromatic carbocycles. The first-order valence-corrected chi connectivity index (χ1v) is 9.30. The molecule has 2 fully saturated rings. The number of benzene rings is 1. The standard InChI is InChI=1S/C22H28O2/c1-5-22(23)11-10-19-18-8-6-15-12-16(24-4)7-9-17(15)20(18)14(2)13-21(19,22)3/h1,7,9,12,14,18-20,23H,6,8,10-11,13H2,2-4H3/t14?,18?,19?,20?,21?,22-/m1/s1. The zero-order chi connectivity index (χ0) is 17.1. The molecule has 0 aliphatic heterocycles. The Kier molecular flexibility index (Phi) is 3.52. The van der Waals surface area contributed by atoms with E-state index in [1.54, 1.807) is 7.11 Å². The molecule has 2 nitrogen and oxygen atoms in total. The first-order valence-electron chi connectivity index (χ1n) is 9.30. The van der Waals surface area contributed by atoms with E-state index >= 15 is 0 Å². The van der Waals surface area contributed by atoms with Gasteiger partial charge in [0.1, 0.15) is 11.4 Å². The van der Waals surface area contributed by atoms with Crippen molar-refractivity contribution in [2.75, 3.05) is 7.11 Å². The molecule has 0 saturated heterocycles. The lowest BCUT2D eigenvalue weighted by molar-refractivity contribution is -0.0811. The van der Waals surface area contributed by atoms with Gasteiger partial charge in [-0.2, -0.15) is 0 Å². The molecule has 0 aromatic heterocycles. The summed E-state index contributed by atoms with van der Waals surface area (Å²) in [7, 11) is 1.74. The van der Waals surface area contributed by atoms with Gasteiger partial charge in [0.15, 0.2) is 0 Å². The number of methoxy groups -OCH3 is 1. The molecule has 3 aliphatic rings. The lowest BCUT2D eigenvalue weighted by Gasteiger charge is -2.54. The van der Waals surface area contributed by atoms with E-state index in [1.165, 1.54) is 17.5 Å². The Labute approximate surface area is 145 Å². The summed E-state index contributed by atoms with van der Waals surface area (Å²) < 4.78 is 5.42. The molecular formula is C22H28O2. The number of hydrogen-bond acceptors (Lipinski definition) is 2. The topological polar surface area (TPSA) is 29.5 Å². The van der Waals surface area contributed by atoms with Gasteiger partial charge in [-0.15, -0.1) is 6.42 Å². The number of aryl methyl sites for hydroxylation is 1. The van der Waals surface area contributed by atoms with E-state index in [2.05, 4.69) is 38.0 Å². The van der Waals surface area contributed by atoms with Crippen molar-refractivity contribution < 1.29 is 9.84 Å². The fourth-order valence-corrected chi connectivity index (χ4v) is 6.48. The van der Waals surface area contributed by atoms with Crippen molar-refractivity contribution in [1.82, 2.24) is 0 Å². The number of ether oxygens (including phenoxy) is 1. The molecule has 0 spiro atoms. The Balaban J connectivity index is 1.75. The molecule has 128 valence electrons. The van der Waals surface area contributed by atoms with Crippen molar-refractivity contribution in [1.29, 1.82) is 0 Å². The highest BCUT2D eigenvalue weighted by Gasteiger charge is 2.62. The van der Waals surface area contributed by atoms with E-state index in [4.69, 9.17) is 11.2 Å².